The van der Waals surface area contributed by atoms with Crippen molar-refractivity contribution in [2.45, 2.75) is 19.8 Å². The maximum absolute atomic E-state index is 12.4. The minimum Gasteiger partial charge on any atom is -0.376 e. The zero-order valence-corrected chi connectivity index (χ0v) is 19.7. The van der Waals surface area contributed by atoms with Crippen LogP contribution in [0.4, 0.5) is 17.1 Å². The quantitative estimate of drug-likeness (QED) is 0.445. The fourth-order valence-corrected chi connectivity index (χ4v) is 3.33. The first-order valence-corrected chi connectivity index (χ1v) is 11.1. The summed E-state index contributed by atoms with van der Waals surface area (Å²) >= 11 is 0. The number of amides is 3. The van der Waals surface area contributed by atoms with Gasteiger partial charge >= 0.3 is 0 Å². The molecule has 0 aliphatic rings. The Labute approximate surface area is 200 Å². The van der Waals surface area contributed by atoms with Crippen LogP contribution in [-0.2, 0) is 16.0 Å². The molecule has 34 heavy (non-hydrogen) atoms. The molecule has 0 aromatic heterocycles. The Morgan fingerprint density at radius 3 is 2.21 bits per heavy atom. The van der Waals surface area contributed by atoms with Gasteiger partial charge in [-0.25, -0.2) is 0 Å². The van der Waals surface area contributed by atoms with E-state index < -0.39 is 0 Å². The summed E-state index contributed by atoms with van der Waals surface area (Å²) < 4.78 is 0. The Morgan fingerprint density at radius 2 is 1.50 bits per heavy atom. The molecule has 0 saturated carbocycles. The molecule has 0 unspecified atom stereocenters. The summed E-state index contributed by atoms with van der Waals surface area (Å²) in [7, 11) is 3.47. The second-order valence-electron chi connectivity index (χ2n) is 8.29. The van der Waals surface area contributed by atoms with Crippen LogP contribution < -0.4 is 16.0 Å². The molecule has 0 bridgehead atoms. The minimum absolute atomic E-state index is 0.0689. The molecule has 0 heterocycles. The van der Waals surface area contributed by atoms with Crippen LogP contribution in [0.25, 0.3) is 0 Å². The highest BCUT2D eigenvalue weighted by molar-refractivity contribution is 6.04. The summed E-state index contributed by atoms with van der Waals surface area (Å²) in [5.41, 5.74) is 4.75. The van der Waals surface area contributed by atoms with Gasteiger partial charge in [-0.2, -0.15) is 0 Å². The van der Waals surface area contributed by atoms with E-state index in [0.717, 1.165) is 16.8 Å². The highest BCUT2D eigenvalue weighted by atomic mass is 16.2. The molecule has 3 amide bonds. The fourth-order valence-electron chi connectivity index (χ4n) is 3.33. The third-order valence-electron chi connectivity index (χ3n) is 5.21. The van der Waals surface area contributed by atoms with Gasteiger partial charge in [-0.15, -0.1) is 0 Å². The summed E-state index contributed by atoms with van der Waals surface area (Å²) in [5.74, 6) is -0.283. The lowest BCUT2D eigenvalue weighted by Gasteiger charge is -2.11. The van der Waals surface area contributed by atoms with Crippen LogP contribution >= 0.6 is 0 Å². The van der Waals surface area contributed by atoms with Crippen LogP contribution in [0.15, 0.2) is 72.8 Å². The SMILES string of the molecule is Cc1cccc(C(=O)Nc2ccc(NCC(=O)Nc3cccc(CCC(=O)N(C)C)c3)cc2)c1. The van der Waals surface area contributed by atoms with Crippen LogP contribution in [0, 0.1) is 6.92 Å². The summed E-state index contributed by atoms with van der Waals surface area (Å²) in [4.78, 5) is 38.1. The van der Waals surface area contributed by atoms with Gasteiger partial charge in [0, 0.05) is 43.1 Å². The van der Waals surface area contributed by atoms with E-state index in [1.54, 1.807) is 37.2 Å². The van der Waals surface area contributed by atoms with E-state index in [9.17, 15) is 14.4 Å². The molecule has 3 rings (SSSR count). The normalized spacial score (nSPS) is 10.3. The third kappa shape index (κ3) is 7.48. The lowest BCUT2D eigenvalue weighted by molar-refractivity contribution is -0.128. The third-order valence-corrected chi connectivity index (χ3v) is 5.21. The van der Waals surface area contributed by atoms with Gasteiger partial charge in [-0.3, -0.25) is 14.4 Å². The number of aryl methyl sites for hydroxylation is 2. The fraction of sp³-hybridized carbons (Fsp3) is 0.222. The average Bonchev–Trinajstić information content (AvgIpc) is 2.82. The number of nitrogens with zero attached hydrogens (tertiary/aromatic N) is 1. The molecule has 7 nitrogen and oxygen atoms in total. The second kappa shape index (κ2) is 11.7. The van der Waals surface area contributed by atoms with Gasteiger partial charge in [-0.1, -0.05) is 29.8 Å². The molecule has 7 heteroatoms. The van der Waals surface area contributed by atoms with E-state index in [2.05, 4.69) is 16.0 Å². The number of nitrogens with one attached hydrogen (secondary N) is 3. The van der Waals surface area contributed by atoms with Crippen molar-refractivity contribution in [3.05, 3.63) is 89.5 Å². The first-order chi connectivity index (χ1) is 16.3. The van der Waals surface area contributed by atoms with Crippen molar-refractivity contribution >= 4 is 34.8 Å². The molecule has 0 saturated heterocycles. The number of rotatable bonds is 9. The standard InChI is InChI=1S/C27H30N4O3/c1-19-6-4-8-21(16-19)27(34)30-23-13-11-22(12-14-23)28-18-25(32)29-24-9-5-7-20(17-24)10-15-26(33)31(2)3/h4-9,11-14,16-17,28H,10,15,18H2,1-3H3,(H,29,32)(H,30,34). The van der Waals surface area contributed by atoms with Gasteiger partial charge in [0.05, 0.1) is 6.54 Å². The van der Waals surface area contributed by atoms with Gasteiger partial charge in [0.2, 0.25) is 11.8 Å². The van der Waals surface area contributed by atoms with E-state index in [-0.39, 0.29) is 24.3 Å². The maximum atomic E-state index is 12.4. The monoisotopic (exact) mass is 458 g/mol. The highest BCUT2D eigenvalue weighted by Crippen LogP contribution is 2.16. The molecule has 3 N–H and O–H groups in total. The van der Waals surface area contributed by atoms with Gasteiger partial charge in [0.1, 0.15) is 0 Å². The van der Waals surface area contributed by atoms with Crippen molar-refractivity contribution in [3.63, 3.8) is 0 Å². The topological polar surface area (TPSA) is 90.5 Å². The van der Waals surface area contributed by atoms with Gasteiger partial charge in [0.15, 0.2) is 0 Å². The molecule has 0 radical (unpaired) electrons. The molecule has 0 fully saturated rings. The van der Waals surface area contributed by atoms with Crippen LogP contribution in [-0.4, -0.2) is 43.3 Å². The second-order valence-corrected chi connectivity index (χ2v) is 8.29. The van der Waals surface area contributed by atoms with Crippen molar-refractivity contribution in [2.24, 2.45) is 0 Å². The molecule has 0 aliphatic carbocycles. The predicted molar refractivity (Wildman–Crippen MR) is 136 cm³/mol. The Balaban J connectivity index is 1.47. The molecule has 0 aliphatic heterocycles. The summed E-state index contributed by atoms with van der Waals surface area (Å²) in [6.07, 6.45) is 1.04. The van der Waals surface area contributed by atoms with Gasteiger partial charge in [-0.05, 0) is 67.4 Å². The van der Waals surface area contributed by atoms with Crippen molar-refractivity contribution in [1.29, 1.82) is 0 Å². The van der Waals surface area contributed by atoms with Gasteiger partial charge in [0.25, 0.3) is 5.91 Å². The smallest absolute Gasteiger partial charge is 0.255 e. The number of anilines is 3. The van der Waals surface area contributed by atoms with E-state index in [1.165, 1.54) is 0 Å². The average molecular weight is 459 g/mol. The first kappa shape index (κ1) is 24.5. The summed E-state index contributed by atoms with van der Waals surface area (Å²) in [5, 5.41) is 8.82. The molecular formula is C27H30N4O3. The van der Waals surface area contributed by atoms with Crippen molar-refractivity contribution in [1.82, 2.24) is 4.90 Å². The lowest BCUT2D eigenvalue weighted by Crippen LogP contribution is -2.22. The number of carbonyl (C=O) groups is 3. The predicted octanol–water partition coefficient (Wildman–Crippen LogP) is 4.32. The molecule has 3 aromatic rings. The lowest BCUT2D eigenvalue weighted by atomic mass is 10.1. The number of hydrogen-bond donors (Lipinski definition) is 3. The zero-order chi connectivity index (χ0) is 24.5. The van der Waals surface area contributed by atoms with Crippen LogP contribution in [0.1, 0.15) is 27.9 Å². The number of hydrogen-bond acceptors (Lipinski definition) is 4. The van der Waals surface area contributed by atoms with Crippen molar-refractivity contribution in [3.8, 4) is 0 Å². The summed E-state index contributed by atoms with van der Waals surface area (Å²) in [6, 6.07) is 22.1. The Bertz CT molecular complexity index is 1160. The van der Waals surface area contributed by atoms with Crippen LogP contribution in [0.3, 0.4) is 0 Å². The Kier molecular flexibility index (Phi) is 8.40. The molecule has 3 aromatic carbocycles. The first-order valence-electron chi connectivity index (χ1n) is 11.1. The molecule has 176 valence electrons. The minimum atomic E-state index is -0.182. The van der Waals surface area contributed by atoms with Gasteiger partial charge < -0.3 is 20.9 Å². The Morgan fingerprint density at radius 1 is 0.794 bits per heavy atom. The molecular weight excluding hydrogens is 428 g/mol. The summed E-state index contributed by atoms with van der Waals surface area (Å²) in [6.45, 7) is 2.04. The van der Waals surface area contributed by atoms with Crippen molar-refractivity contribution < 1.29 is 14.4 Å². The van der Waals surface area contributed by atoms with E-state index >= 15 is 0 Å². The molecule has 0 spiro atoms. The molecule has 0 atom stereocenters. The Hall–Kier alpha value is -4.13. The van der Waals surface area contributed by atoms with Crippen LogP contribution in [0.5, 0.6) is 0 Å². The number of carbonyl (C=O) groups excluding carboxylic acids is 3. The van der Waals surface area contributed by atoms with Crippen molar-refractivity contribution in [2.75, 3.05) is 36.6 Å². The van der Waals surface area contributed by atoms with Crippen LogP contribution in [0.2, 0.25) is 0 Å². The maximum Gasteiger partial charge on any atom is 0.255 e. The van der Waals surface area contributed by atoms with E-state index in [4.69, 9.17) is 0 Å². The largest absolute Gasteiger partial charge is 0.376 e. The zero-order valence-electron chi connectivity index (χ0n) is 19.7. The number of benzene rings is 3. The highest BCUT2D eigenvalue weighted by Gasteiger charge is 2.08. The van der Waals surface area contributed by atoms with E-state index in [0.29, 0.717) is 29.8 Å². The van der Waals surface area contributed by atoms with E-state index in [1.807, 2.05) is 61.5 Å².